The van der Waals surface area contributed by atoms with Crippen LogP contribution in [0, 0.1) is 0 Å². The van der Waals surface area contributed by atoms with Gasteiger partial charge in [0.1, 0.15) is 5.02 Å². The maximum atomic E-state index is 13.3. The molecule has 4 rings (SSSR count). The van der Waals surface area contributed by atoms with E-state index in [0.29, 0.717) is 25.2 Å². The lowest BCUT2D eigenvalue weighted by Gasteiger charge is -2.29. The maximum absolute atomic E-state index is 13.3. The molecule has 0 radical (unpaired) electrons. The lowest BCUT2D eigenvalue weighted by atomic mass is 10.1. The SMILES string of the molecule is O=c1[nH]ncc(N2CCc3ncn(Cc4cnccc4C(F)(F)F)c3C2)c1Cl. The molecule has 0 saturated heterocycles. The number of pyridine rings is 1. The molecule has 0 amide bonds. The minimum absolute atomic E-state index is 0.0137. The zero-order chi connectivity index (χ0) is 19.9. The van der Waals surface area contributed by atoms with Crippen LogP contribution in [-0.4, -0.2) is 31.3 Å². The van der Waals surface area contributed by atoms with Crippen molar-refractivity contribution in [2.75, 3.05) is 11.4 Å². The molecule has 0 bridgehead atoms. The smallest absolute Gasteiger partial charge is 0.363 e. The van der Waals surface area contributed by atoms with Crippen molar-refractivity contribution >= 4 is 17.3 Å². The van der Waals surface area contributed by atoms with Crippen molar-refractivity contribution in [3.63, 3.8) is 0 Å². The van der Waals surface area contributed by atoms with E-state index in [1.807, 2.05) is 4.90 Å². The second kappa shape index (κ2) is 6.93. The molecule has 0 atom stereocenters. The molecule has 0 unspecified atom stereocenters. The summed E-state index contributed by atoms with van der Waals surface area (Å²) in [5.74, 6) is 0. The summed E-state index contributed by atoms with van der Waals surface area (Å²) in [7, 11) is 0. The number of fused-ring (bicyclic) bond motifs is 1. The van der Waals surface area contributed by atoms with Gasteiger partial charge in [0, 0.05) is 30.9 Å². The van der Waals surface area contributed by atoms with Crippen LogP contribution in [0.2, 0.25) is 5.02 Å². The van der Waals surface area contributed by atoms with Gasteiger partial charge in [0.25, 0.3) is 5.56 Å². The van der Waals surface area contributed by atoms with E-state index >= 15 is 0 Å². The Kier molecular flexibility index (Phi) is 4.58. The average molecular weight is 411 g/mol. The summed E-state index contributed by atoms with van der Waals surface area (Å²) >= 11 is 6.09. The van der Waals surface area contributed by atoms with E-state index in [1.165, 1.54) is 18.7 Å². The molecule has 0 aromatic carbocycles. The van der Waals surface area contributed by atoms with E-state index in [0.717, 1.165) is 23.7 Å². The van der Waals surface area contributed by atoms with Crippen LogP contribution in [0.15, 0.2) is 35.8 Å². The zero-order valence-corrected chi connectivity index (χ0v) is 15.1. The summed E-state index contributed by atoms with van der Waals surface area (Å²) in [6, 6.07) is 0.965. The molecule has 1 N–H and O–H groups in total. The van der Waals surface area contributed by atoms with E-state index in [-0.39, 0.29) is 17.1 Å². The van der Waals surface area contributed by atoms with E-state index in [9.17, 15) is 18.0 Å². The molecular formula is C17H14ClF3N6O. The molecule has 0 fully saturated rings. The molecule has 0 aliphatic carbocycles. The van der Waals surface area contributed by atoms with E-state index < -0.39 is 17.3 Å². The van der Waals surface area contributed by atoms with Crippen LogP contribution in [0.5, 0.6) is 0 Å². The lowest BCUT2D eigenvalue weighted by Crippen LogP contribution is -2.33. The Morgan fingerprint density at radius 2 is 2.11 bits per heavy atom. The summed E-state index contributed by atoms with van der Waals surface area (Å²) < 4.78 is 41.5. The highest BCUT2D eigenvalue weighted by Gasteiger charge is 2.33. The highest BCUT2D eigenvalue weighted by molar-refractivity contribution is 6.32. The standard InChI is InChI=1S/C17H14ClF3N6O/c18-15-13(6-24-25-16(15)28)26-4-2-12-14(8-26)27(9-23-12)7-10-5-22-3-1-11(10)17(19,20)21/h1,3,5-6,9H,2,4,7-8H2,(H,25,28). The number of hydrogen-bond donors (Lipinski definition) is 1. The normalized spacial score (nSPS) is 14.2. The van der Waals surface area contributed by atoms with Crippen LogP contribution in [0.25, 0.3) is 0 Å². The number of imidazole rings is 1. The van der Waals surface area contributed by atoms with Crippen molar-refractivity contribution in [3.8, 4) is 0 Å². The number of rotatable bonds is 3. The number of anilines is 1. The fourth-order valence-corrected chi connectivity index (χ4v) is 3.50. The molecule has 146 valence electrons. The lowest BCUT2D eigenvalue weighted by molar-refractivity contribution is -0.138. The predicted molar refractivity (Wildman–Crippen MR) is 95.2 cm³/mol. The van der Waals surface area contributed by atoms with Crippen molar-refractivity contribution in [2.45, 2.75) is 25.7 Å². The van der Waals surface area contributed by atoms with Crippen molar-refractivity contribution in [2.24, 2.45) is 0 Å². The predicted octanol–water partition coefficient (Wildman–Crippen LogP) is 2.64. The molecule has 1 aliphatic rings. The topological polar surface area (TPSA) is 79.7 Å². The third kappa shape index (κ3) is 3.35. The summed E-state index contributed by atoms with van der Waals surface area (Å²) in [6.07, 6.45) is 1.43. The summed E-state index contributed by atoms with van der Waals surface area (Å²) in [5.41, 5.74) is 0.884. The average Bonchev–Trinajstić information content (AvgIpc) is 3.06. The van der Waals surface area contributed by atoms with Gasteiger partial charge >= 0.3 is 6.18 Å². The fourth-order valence-electron chi connectivity index (χ4n) is 3.29. The number of halogens is 4. The van der Waals surface area contributed by atoms with Crippen LogP contribution in [0.4, 0.5) is 18.9 Å². The molecule has 0 saturated carbocycles. The molecule has 3 aromatic heterocycles. The van der Waals surface area contributed by atoms with Crippen LogP contribution < -0.4 is 10.5 Å². The molecule has 4 heterocycles. The van der Waals surface area contributed by atoms with Crippen LogP contribution in [0.1, 0.15) is 22.5 Å². The van der Waals surface area contributed by atoms with Crippen LogP contribution in [-0.2, 0) is 25.7 Å². The van der Waals surface area contributed by atoms with Crippen molar-refractivity contribution in [1.82, 2.24) is 24.7 Å². The Morgan fingerprint density at radius 1 is 1.29 bits per heavy atom. The van der Waals surface area contributed by atoms with Gasteiger partial charge in [0.2, 0.25) is 0 Å². The molecule has 7 nitrogen and oxygen atoms in total. The fraction of sp³-hybridized carbons (Fsp3) is 0.294. The highest BCUT2D eigenvalue weighted by Crippen LogP contribution is 2.33. The Morgan fingerprint density at radius 3 is 2.89 bits per heavy atom. The van der Waals surface area contributed by atoms with Gasteiger partial charge in [-0.2, -0.15) is 18.3 Å². The first-order chi connectivity index (χ1) is 13.3. The first kappa shape index (κ1) is 18.5. The third-order valence-electron chi connectivity index (χ3n) is 4.66. The van der Waals surface area contributed by atoms with E-state index in [4.69, 9.17) is 11.6 Å². The number of hydrogen-bond acceptors (Lipinski definition) is 5. The Labute approximate surface area is 161 Å². The summed E-state index contributed by atoms with van der Waals surface area (Å²) in [4.78, 5) is 21.7. The summed E-state index contributed by atoms with van der Waals surface area (Å²) in [6.45, 7) is 0.900. The number of alkyl halides is 3. The van der Waals surface area contributed by atoms with Crippen molar-refractivity contribution < 1.29 is 13.2 Å². The molecular weight excluding hydrogens is 397 g/mol. The number of H-pyrrole nitrogens is 1. The number of nitrogens with zero attached hydrogens (tertiary/aromatic N) is 5. The first-order valence-corrected chi connectivity index (χ1v) is 8.73. The van der Waals surface area contributed by atoms with Gasteiger partial charge in [-0.1, -0.05) is 11.6 Å². The van der Waals surface area contributed by atoms with Crippen LogP contribution >= 0.6 is 11.6 Å². The number of aromatic nitrogens is 5. The van der Waals surface area contributed by atoms with Gasteiger partial charge in [-0.15, -0.1) is 0 Å². The second-order valence-corrected chi connectivity index (χ2v) is 6.74. The molecule has 28 heavy (non-hydrogen) atoms. The Balaban J connectivity index is 1.66. The van der Waals surface area contributed by atoms with Crippen molar-refractivity contribution in [3.05, 3.63) is 68.9 Å². The minimum Gasteiger partial charge on any atom is -0.363 e. The van der Waals surface area contributed by atoms with Crippen molar-refractivity contribution in [1.29, 1.82) is 0 Å². The minimum atomic E-state index is -4.46. The van der Waals surface area contributed by atoms with Gasteiger partial charge < -0.3 is 9.47 Å². The number of aromatic amines is 1. The highest BCUT2D eigenvalue weighted by atomic mass is 35.5. The van der Waals surface area contributed by atoms with Crippen LogP contribution in [0.3, 0.4) is 0 Å². The Hall–Kier alpha value is -2.88. The van der Waals surface area contributed by atoms with Gasteiger partial charge in [-0.25, -0.2) is 10.1 Å². The van der Waals surface area contributed by atoms with Gasteiger partial charge in [-0.05, 0) is 6.07 Å². The maximum Gasteiger partial charge on any atom is 0.416 e. The van der Waals surface area contributed by atoms with Gasteiger partial charge in [-0.3, -0.25) is 9.78 Å². The van der Waals surface area contributed by atoms with Gasteiger partial charge in [0.15, 0.2) is 0 Å². The number of nitrogens with one attached hydrogen (secondary N) is 1. The Bertz CT molecular complexity index is 1080. The van der Waals surface area contributed by atoms with Gasteiger partial charge in [0.05, 0.1) is 48.3 Å². The first-order valence-electron chi connectivity index (χ1n) is 8.35. The molecule has 0 spiro atoms. The summed E-state index contributed by atoms with van der Waals surface area (Å²) in [5, 5.41) is 6.06. The molecule has 11 heteroatoms. The monoisotopic (exact) mass is 410 g/mol. The third-order valence-corrected chi connectivity index (χ3v) is 5.02. The largest absolute Gasteiger partial charge is 0.416 e. The second-order valence-electron chi connectivity index (χ2n) is 6.37. The quantitative estimate of drug-likeness (QED) is 0.718. The van der Waals surface area contributed by atoms with E-state index in [2.05, 4.69) is 20.2 Å². The molecule has 3 aromatic rings. The van der Waals surface area contributed by atoms with E-state index in [1.54, 1.807) is 4.57 Å². The zero-order valence-electron chi connectivity index (χ0n) is 14.4. The molecule has 1 aliphatic heterocycles.